The van der Waals surface area contributed by atoms with E-state index in [1.807, 2.05) is 42.5 Å². The molecule has 0 spiro atoms. The Kier molecular flexibility index (Phi) is 4.86. The number of nitrogens with zero attached hydrogens (tertiary/aromatic N) is 2. The van der Waals surface area contributed by atoms with Crippen LogP contribution >= 0.6 is 12.4 Å². The van der Waals surface area contributed by atoms with Gasteiger partial charge in [0.05, 0.1) is 12.1 Å². The van der Waals surface area contributed by atoms with Gasteiger partial charge in [-0.1, -0.05) is 12.1 Å². The quantitative estimate of drug-likeness (QED) is 0.716. The van der Waals surface area contributed by atoms with Crippen molar-refractivity contribution in [2.24, 2.45) is 0 Å². The minimum atomic E-state index is 0. The zero-order valence-electron chi connectivity index (χ0n) is 12.8. The standard InChI is InChI=1S/C17H15N3O3.ClH/c1-2-4-14-13(3-1)17(20-10-19-14)18-7-8-21-12-5-6-15-16(9-12)23-11-22-15;/h1-6,9-10H,7-8,11H2,(H,18,19,20);1H. The molecule has 1 N–H and O–H groups in total. The largest absolute Gasteiger partial charge is 0.492 e. The summed E-state index contributed by atoms with van der Waals surface area (Å²) in [7, 11) is 0. The summed E-state index contributed by atoms with van der Waals surface area (Å²) in [6.45, 7) is 1.41. The number of aromatic nitrogens is 2. The summed E-state index contributed by atoms with van der Waals surface area (Å²) < 4.78 is 16.3. The first-order valence-corrected chi connectivity index (χ1v) is 7.36. The molecule has 0 fully saturated rings. The van der Waals surface area contributed by atoms with Gasteiger partial charge in [-0.15, -0.1) is 12.4 Å². The molecule has 0 unspecified atom stereocenters. The van der Waals surface area contributed by atoms with Crippen molar-refractivity contribution in [2.75, 3.05) is 25.3 Å². The van der Waals surface area contributed by atoms with Gasteiger partial charge in [0, 0.05) is 11.5 Å². The fourth-order valence-corrected chi connectivity index (χ4v) is 2.45. The van der Waals surface area contributed by atoms with Crippen molar-refractivity contribution in [1.82, 2.24) is 9.97 Å². The molecule has 1 aliphatic heterocycles. The lowest BCUT2D eigenvalue weighted by Gasteiger charge is -2.10. The first-order chi connectivity index (χ1) is 11.4. The van der Waals surface area contributed by atoms with Gasteiger partial charge in [-0.2, -0.15) is 0 Å². The van der Waals surface area contributed by atoms with E-state index in [2.05, 4.69) is 15.3 Å². The zero-order chi connectivity index (χ0) is 15.5. The lowest BCUT2D eigenvalue weighted by Crippen LogP contribution is -2.12. The molecule has 0 bridgehead atoms. The van der Waals surface area contributed by atoms with Crippen LogP contribution in [-0.2, 0) is 0 Å². The van der Waals surface area contributed by atoms with Crippen molar-refractivity contribution in [2.45, 2.75) is 0 Å². The first kappa shape index (κ1) is 16.1. The highest BCUT2D eigenvalue weighted by Crippen LogP contribution is 2.35. The van der Waals surface area contributed by atoms with Gasteiger partial charge in [0.15, 0.2) is 11.5 Å². The summed E-state index contributed by atoms with van der Waals surface area (Å²) in [5, 5.41) is 4.28. The van der Waals surface area contributed by atoms with Crippen LogP contribution in [0.4, 0.5) is 5.82 Å². The lowest BCUT2D eigenvalue weighted by molar-refractivity contribution is 0.174. The maximum Gasteiger partial charge on any atom is 0.231 e. The lowest BCUT2D eigenvalue weighted by atomic mass is 10.2. The summed E-state index contributed by atoms with van der Waals surface area (Å²) in [6.07, 6.45) is 1.56. The predicted octanol–water partition coefficient (Wildman–Crippen LogP) is 3.27. The van der Waals surface area contributed by atoms with Gasteiger partial charge in [-0.05, 0) is 24.3 Å². The maximum atomic E-state index is 5.72. The van der Waals surface area contributed by atoms with E-state index in [1.165, 1.54) is 0 Å². The van der Waals surface area contributed by atoms with Crippen LogP contribution in [0.25, 0.3) is 10.9 Å². The molecule has 124 valence electrons. The molecule has 3 aromatic rings. The van der Waals surface area contributed by atoms with Crippen molar-refractivity contribution in [3.63, 3.8) is 0 Å². The molecule has 0 saturated heterocycles. The number of nitrogens with one attached hydrogen (secondary N) is 1. The van der Waals surface area contributed by atoms with Crippen LogP contribution in [0.1, 0.15) is 0 Å². The van der Waals surface area contributed by atoms with Crippen molar-refractivity contribution >= 4 is 29.1 Å². The minimum absolute atomic E-state index is 0. The van der Waals surface area contributed by atoms with E-state index in [0.29, 0.717) is 13.2 Å². The molecule has 4 rings (SSSR count). The van der Waals surface area contributed by atoms with Crippen molar-refractivity contribution in [3.8, 4) is 17.2 Å². The van der Waals surface area contributed by atoms with Gasteiger partial charge in [0.1, 0.15) is 24.5 Å². The van der Waals surface area contributed by atoms with E-state index in [-0.39, 0.29) is 19.2 Å². The third kappa shape index (κ3) is 3.28. The number of hydrogen-bond acceptors (Lipinski definition) is 6. The third-order valence-electron chi connectivity index (χ3n) is 3.55. The minimum Gasteiger partial charge on any atom is -0.492 e. The number of fused-ring (bicyclic) bond motifs is 2. The van der Waals surface area contributed by atoms with E-state index in [0.717, 1.165) is 34.0 Å². The molecule has 2 aromatic carbocycles. The molecule has 0 aliphatic carbocycles. The SMILES string of the molecule is Cl.c1ccc2c(NCCOc3ccc4c(c3)OCO4)ncnc2c1. The highest BCUT2D eigenvalue weighted by Gasteiger charge is 2.13. The van der Waals surface area contributed by atoms with Gasteiger partial charge in [-0.25, -0.2) is 9.97 Å². The second-order valence-corrected chi connectivity index (χ2v) is 5.03. The highest BCUT2D eigenvalue weighted by atomic mass is 35.5. The second-order valence-electron chi connectivity index (χ2n) is 5.03. The number of para-hydroxylation sites is 1. The highest BCUT2D eigenvalue weighted by molar-refractivity contribution is 5.88. The van der Waals surface area contributed by atoms with E-state index in [9.17, 15) is 0 Å². The number of benzene rings is 2. The summed E-state index contributed by atoms with van der Waals surface area (Å²) in [5.74, 6) is 3.04. The molecule has 24 heavy (non-hydrogen) atoms. The molecule has 2 heterocycles. The molecule has 0 radical (unpaired) electrons. The van der Waals surface area contributed by atoms with Crippen molar-refractivity contribution < 1.29 is 14.2 Å². The summed E-state index contributed by atoms with van der Waals surface area (Å²) in [5.41, 5.74) is 0.918. The van der Waals surface area contributed by atoms with Crippen LogP contribution in [0.15, 0.2) is 48.8 Å². The average Bonchev–Trinajstić information content (AvgIpc) is 3.06. The first-order valence-electron chi connectivity index (χ1n) is 7.36. The number of halogens is 1. The Labute approximate surface area is 145 Å². The molecule has 1 aliphatic rings. The Balaban J connectivity index is 0.00000169. The molecule has 0 atom stereocenters. The van der Waals surface area contributed by atoms with Crippen LogP contribution < -0.4 is 19.5 Å². The average molecular weight is 346 g/mol. The zero-order valence-corrected chi connectivity index (χ0v) is 13.6. The number of ether oxygens (including phenoxy) is 3. The van der Waals surface area contributed by atoms with Crippen molar-refractivity contribution in [1.29, 1.82) is 0 Å². The molecular weight excluding hydrogens is 330 g/mol. The van der Waals surface area contributed by atoms with Crippen LogP contribution in [0, 0.1) is 0 Å². The normalized spacial score (nSPS) is 11.8. The Morgan fingerprint density at radius 3 is 2.88 bits per heavy atom. The fourth-order valence-electron chi connectivity index (χ4n) is 2.45. The molecule has 1 aromatic heterocycles. The van der Waals surface area contributed by atoms with Crippen LogP contribution in [0.3, 0.4) is 0 Å². The van der Waals surface area contributed by atoms with Gasteiger partial charge < -0.3 is 19.5 Å². The molecular formula is C17H16ClN3O3. The Hall–Kier alpha value is -2.73. The Morgan fingerprint density at radius 1 is 1.04 bits per heavy atom. The summed E-state index contributed by atoms with van der Waals surface area (Å²) >= 11 is 0. The Bertz CT molecular complexity index is 839. The van der Waals surface area contributed by atoms with E-state index in [4.69, 9.17) is 14.2 Å². The molecule has 0 saturated carbocycles. The third-order valence-corrected chi connectivity index (χ3v) is 3.55. The smallest absolute Gasteiger partial charge is 0.231 e. The van der Waals surface area contributed by atoms with E-state index < -0.39 is 0 Å². The molecule has 7 heteroatoms. The number of rotatable bonds is 5. The topological polar surface area (TPSA) is 65.5 Å². The molecule has 0 amide bonds. The van der Waals surface area contributed by atoms with E-state index in [1.54, 1.807) is 6.33 Å². The van der Waals surface area contributed by atoms with Crippen molar-refractivity contribution in [3.05, 3.63) is 48.8 Å². The fraction of sp³-hybridized carbons (Fsp3) is 0.176. The monoisotopic (exact) mass is 345 g/mol. The van der Waals surface area contributed by atoms with Gasteiger partial charge in [0.25, 0.3) is 0 Å². The molecule has 6 nitrogen and oxygen atoms in total. The van der Waals surface area contributed by atoms with Crippen LogP contribution in [0.2, 0.25) is 0 Å². The number of hydrogen-bond donors (Lipinski definition) is 1. The van der Waals surface area contributed by atoms with Gasteiger partial charge in [0.2, 0.25) is 6.79 Å². The maximum absolute atomic E-state index is 5.72. The summed E-state index contributed by atoms with van der Waals surface area (Å²) in [6, 6.07) is 13.4. The van der Waals surface area contributed by atoms with Crippen LogP contribution in [0.5, 0.6) is 17.2 Å². The Morgan fingerprint density at radius 2 is 1.92 bits per heavy atom. The van der Waals surface area contributed by atoms with Crippen LogP contribution in [-0.4, -0.2) is 29.9 Å². The summed E-state index contributed by atoms with van der Waals surface area (Å²) in [4.78, 5) is 8.53. The van der Waals surface area contributed by atoms with Gasteiger partial charge >= 0.3 is 0 Å². The second kappa shape index (κ2) is 7.23. The van der Waals surface area contributed by atoms with Gasteiger partial charge in [-0.3, -0.25) is 0 Å². The predicted molar refractivity (Wildman–Crippen MR) is 93.3 cm³/mol. The van der Waals surface area contributed by atoms with E-state index >= 15 is 0 Å². The number of anilines is 1.